The maximum absolute atomic E-state index is 9.84. The van der Waals surface area contributed by atoms with Gasteiger partial charge in [-0.2, -0.15) is 10.2 Å². The van der Waals surface area contributed by atoms with Crippen molar-refractivity contribution in [2.45, 2.75) is 19.4 Å². The van der Waals surface area contributed by atoms with Gasteiger partial charge in [0.15, 0.2) is 0 Å². The quantitative estimate of drug-likeness (QED) is 0.807. The summed E-state index contributed by atoms with van der Waals surface area (Å²) in [6.45, 7) is 3.27. The zero-order valence-electron chi connectivity index (χ0n) is 8.53. The zero-order chi connectivity index (χ0) is 11.1. The highest BCUT2D eigenvalue weighted by molar-refractivity contribution is 6.35. The minimum absolute atomic E-state index is 0.405. The van der Waals surface area contributed by atoms with E-state index >= 15 is 0 Å². The van der Waals surface area contributed by atoms with Crippen LogP contribution in [0, 0.1) is 0 Å². The lowest BCUT2D eigenvalue weighted by atomic mass is 10.0. The molecule has 0 aliphatic carbocycles. The van der Waals surface area contributed by atoms with Crippen LogP contribution >= 0.6 is 11.6 Å². The third-order valence-electron chi connectivity index (χ3n) is 2.19. The predicted molar refractivity (Wildman–Crippen MR) is 59.8 cm³/mol. The number of rotatable bonds is 1. The average Bonchev–Trinajstić information content (AvgIpc) is 2.16. The smallest absolute Gasteiger partial charge is 0.113 e. The second-order valence-corrected chi connectivity index (χ2v) is 4.32. The van der Waals surface area contributed by atoms with Crippen molar-refractivity contribution in [2.75, 3.05) is 0 Å². The van der Waals surface area contributed by atoms with Crippen molar-refractivity contribution < 1.29 is 5.11 Å². The Bertz CT molecular complexity index is 505. The van der Waals surface area contributed by atoms with Crippen LogP contribution in [0.3, 0.4) is 0 Å². The average molecular weight is 223 g/mol. The molecule has 4 heteroatoms. The fourth-order valence-electron chi connectivity index (χ4n) is 1.41. The van der Waals surface area contributed by atoms with E-state index in [0.29, 0.717) is 10.7 Å². The summed E-state index contributed by atoms with van der Waals surface area (Å²) in [5, 5.41) is 19.1. The molecule has 0 spiro atoms. The lowest BCUT2D eigenvalue weighted by molar-refractivity contribution is 0.0732. The van der Waals surface area contributed by atoms with Gasteiger partial charge in [0.25, 0.3) is 0 Å². The van der Waals surface area contributed by atoms with E-state index in [0.717, 1.165) is 10.9 Å². The molecule has 3 nitrogen and oxygen atoms in total. The minimum atomic E-state index is -1.08. The van der Waals surface area contributed by atoms with Crippen molar-refractivity contribution in [1.29, 1.82) is 0 Å². The molecule has 1 aromatic heterocycles. The second-order valence-electron chi connectivity index (χ2n) is 3.94. The Morgan fingerprint density at radius 2 is 1.87 bits per heavy atom. The largest absolute Gasteiger partial charge is 0.384 e. The van der Waals surface area contributed by atoms with Crippen molar-refractivity contribution in [3.8, 4) is 0 Å². The van der Waals surface area contributed by atoms with E-state index < -0.39 is 5.60 Å². The van der Waals surface area contributed by atoms with Crippen LogP contribution < -0.4 is 0 Å². The van der Waals surface area contributed by atoms with Crippen LogP contribution in [0.5, 0.6) is 0 Å². The van der Waals surface area contributed by atoms with E-state index in [1.54, 1.807) is 13.8 Å². The third kappa shape index (κ3) is 1.80. The van der Waals surface area contributed by atoms with Crippen LogP contribution in [0.15, 0.2) is 24.3 Å². The van der Waals surface area contributed by atoms with Crippen molar-refractivity contribution in [3.63, 3.8) is 0 Å². The highest BCUT2D eigenvalue weighted by atomic mass is 35.5. The van der Waals surface area contributed by atoms with Gasteiger partial charge in [0.05, 0.1) is 10.5 Å². The molecule has 0 unspecified atom stereocenters. The molecule has 0 saturated carbocycles. The number of nitrogens with zero attached hydrogens (tertiary/aromatic N) is 2. The molecule has 15 heavy (non-hydrogen) atoms. The van der Waals surface area contributed by atoms with E-state index in [4.69, 9.17) is 11.6 Å². The van der Waals surface area contributed by atoms with Crippen molar-refractivity contribution in [3.05, 3.63) is 35.0 Å². The van der Waals surface area contributed by atoms with Gasteiger partial charge in [-0.05, 0) is 19.9 Å². The van der Waals surface area contributed by atoms with E-state index in [9.17, 15) is 5.11 Å². The standard InChI is InChI=1S/C11H11ClN2O/c1-11(2,15)10-9(12)7-5-3-4-6-8(7)13-14-10/h3-6,15H,1-2H3. The van der Waals surface area contributed by atoms with Gasteiger partial charge >= 0.3 is 0 Å². The molecule has 1 aromatic carbocycles. The maximum atomic E-state index is 9.84. The molecule has 0 aliphatic rings. The van der Waals surface area contributed by atoms with Crippen LogP contribution in [-0.4, -0.2) is 15.3 Å². The Morgan fingerprint density at radius 3 is 2.53 bits per heavy atom. The van der Waals surface area contributed by atoms with Crippen molar-refractivity contribution >= 4 is 22.5 Å². The topological polar surface area (TPSA) is 46.0 Å². The second kappa shape index (κ2) is 3.43. The van der Waals surface area contributed by atoms with E-state index in [1.807, 2.05) is 24.3 Å². The first-order valence-electron chi connectivity index (χ1n) is 4.64. The molecular formula is C11H11ClN2O. The summed E-state index contributed by atoms with van der Waals surface area (Å²) in [6, 6.07) is 7.45. The third-order valence-corrected chi connectivity index (χ3v) is 2.57. The summed E-state index contributed by atoms with van der Waals surface area (Å²) in [5.74, 6) is 0. The van der Waals surface area contributed by atoms with Crippen LogP contribution in [0.25, 0.3) is 10.9 Å². The van der Waals surface area contributed by atoms with Gasteiger partial charge in [-0.25, -0.2) is 0 Å². The van der Waals surface area contributed by atoms with Gasteiger partial charge in [-0.3, -0.25) is 0 Å². The predicted octanol–water partition coefficient (Wildman–Crippen LogP) is 2.51. The summed E-state index contributed by atoms with van der Waals surface area (Å²) in [5.41, 5.74) is 0.0621. The summed E-state index contributed by atoms with van der Waals surface area (Å²) in [7, 11) is 0. The Labute approximate surface area is 92.7 Å². The summed E-state index contributed by atoms with van der Waals surface area (Å²) in [6.07, 6.45) is 0. The molecule has 2 rings (SSSR count). The first-order valence-corrected chi connectivity index (χ1v) is 5.02. The van der Waals surface area contributed by atoms with Gasteiger partial charge in [0.1, 0.15) is 11.3 Å². The van der Waals surface area contributed by atoms with Crippen LogP contribution in [0.2, 0.25) is 5.02 Å². The Kier molecular flexibility index (Phi) is 2.37. The van der Waals surface area contributed by atoms with Crippen molar-refractivity contribution in [2.24, 2.45) is 0 Å². The first-order chi connectivity index (χ1) is 7.00. The Hall–Kier alpha value is -1.19. The molecule has 0 atom stereocenters. The van der Waals surface area contributed by atoms with Gasteiger partial charge in [0, 0.05) is 5.39 Å². The number of aromatic nitrogens is 2. The number of benzene rings is 1. The molecular weight excluding hydrogens is 212 g/mol. The van der Waals surface area contributed by atoms with Gasteiger partial charge in [-0.1, -0.05) is 29.8 Å². The maximum Gasteiger partial charge on any atom is 0.113 e. The Balaban J connectivity index is 2.76. The molecule has 0 radical (unpaired) electrons. The van der Waals surface area contributed by atoms with Gasteiger partial charge in [0.2, 0.25) is 0 Å². The molecule has 0 bridgehead atoms. The SMILES string of the molecule is CC(C)(O)c1nnc2ccccc2c1Cl. The summed E-state index contributed by atoms with van der Waals surface area (Å²) < 4.78 is 0. The van der Waals surface area contributed by atoms with Crippen LogP contribution in [0.4, 0.5) is 0 Å². The molecule has 0 aliphatic heterocycles. The molecule has 1 heterocycles. The normalized spacial score (nSPS) is 12.0. The Morgan fingerprint density at radius 1 is 1.20 bits per heavy atom. The van der Waals surface area contributed by atoms with Crippen molar-refractivity contribution in [1.82, 2.24) is 10.2 Å². The minimum Gasteiger partial charge on any atom is -0.384 e. The van der Waals surface area contributed by atoms with E-state index in [-0.39, 0.29) is 0 Å². The van der Waals surface area contributed by atoms with Crippen LogP contribution in [-0.2, 0) is 5.60 Å². The molecule has 2 aromatic rings. The van der Waals surface area contributed by atoms with E-state index in [2.05, 4.69) is 10.2 Å². The van der Waals surface area contributed by atoms with E-state index in [1.165, 1.54) is 0 Å². The molecule has 0 saturated heterocycles. The lowest BCUT2D eigenvalue weighted by Crippen LogP contribution is -2.19. The fraction of sp³-hybridized carbons (Fsp3) is 0.273. The number of halogens is 1. The monoisotopic (exact) mass is 222 g/mol. The molecule has 0 amide bonds. The number of hydrogen-bond acceptors (Lipinski definition) is 3. The molecule has 1 N–H and O–H groups in total. The van der Waals surface area contributed by atoms with Gasteiger partial charge in [-0.15, -0.1) is 0 Å². The number of hydrogen-bond donors (Lipinski definition) is 1. The zero-order valence-corrected chi connectivity index (χ0v) is 9.28. The number of aliphatic hydroxyl groups is 1. The first kappa shape index (κ1) is 10.3. The highest BCUT2D eigenvalue weighted by Gasteiger charge is 2.23. The summed E-state index contributed by atoms with van der Waals surface area (Å²) >= 11 is 6.16. The lowest BCUT2D eigenvalue weighted by Gasteiger charge is -2.17. The number of fused-ring (bicyclic) bond motifs is 1. The molecule has 78 valence electrons. The molecule has 0 fully saturated rings. The van der Waals surface area contributed by atoms with Crippen LogP contribution in [0.1, 0.15) is 19.5 Å². The van der Waals surface area contributed by atoms with Gasteiger partial charge < -0.3 is 5.11 Å². The summed E-state index contributed by atoms with van der Waals surface area (Å²) in [4.78, 5) is 0. The highest BCUT2D eigenvalue weighted by Crippen LogP contribution is 2.30. The fourth-order valence-corrected chi connectivity index (χ4v) is 1.84.